The minimum atomic E-state index is -0.697. The van der Waals surface area contributed by atoms with Crippen LogP contribution in [0.5, 0.6) is 0 Å². The second-order valence-corrected chi connectivity index (χ2v) is 7.30. The van der Waals surface area contributed by atoms with Gasteiger partial charge in [0.25, 0.3) is 0 Å². The van der Waals surface area contributed by atoms with E-state index in [4.69, 9.17) is 11.5 Å². The molecule has 1 aromatic heterocycles. The SMILES string of the molecule is NC(=O)c1ccc(CC(N)C(=O)N2Cc3ccccc3CC2c2ncc[nH]2)cc1. The third-order valence-corrected chi connectivity index (χ3v) is 5.38. The molecule has 7 nitrogen and oxygen atoms in total. The van der Waals surface area contributed by atoms with Gasteiger partial charge in [-0.2, -0.15) is 0 Å². The van der Waals surface area contributed by atoms with Crippen LogP contribution in [0.15, 0.2) is 60.9 Å². The Bertz CT molecular complexity index is 1010. The van der Waals surface area contributed by atoms with Crippen molar-refractivity contribution in [3.05, 3.63) is 89.0 Å². The zero-order valence-corrected chi connectivity index (χ0v) is 15.9. The highest BCUT2D eigenvalue weighted by Crippen LogP contribution is 2.32. The van der Waals surface area contributed by atoms with E-state index < -0.39 is 11.9 Å². The molecule has 1 aliphatic rings. The predicted octanol–water partition coefficient (Wildman–Crippen LogP) is 1.70. The lowest BCUT2D eigenvalue weighted by molar-refractivity contribution is -0.136. The molecule has 29 heavy (non-hydrogen) atoms. The number of benzene rings is 2. The molecular formula is C22H23N5O2. The molecule has 2 atom stereocenters. The second-order valence-electron chi connectivity index (χ2n) is 7.30. The van der Waals surface area contributed by atoms with Crippen LogP contribution in [0, 0.1) is 0 Å². The molecule has 0 saturated heterocycles. The van der Waals surface area contributed by atoms with E-state index in [1.807, 2.05) is 23.1 Å². The van der Waals surface area contributed by atoms with E-state index >= 15 is 0 Å². The van der Waals surface area contributed by atoms with Crippen molar-refractivity contribution in [2.24, 2.45) is 11.5 Å². The molecule has 0 bridgehead atoms. The minimum Gasteiger partial charge on any atom is -0.366 e. The highest BCUT2D eigenvalue weighted by Gasteiger charge is 2.34. The summed E-state index contributed by atoms with van der Waals surface area (Å²) in [5.74, 6) is 0.149. The first-order chi connectivity index (χ1) is 14.0. The maximum atomic E-state index is 13.3. The Morgan fingerprint density at radius 2 is 1.86 bits per heavy atom. The van der Waals surface area contributed by atoms with Gasteiger partial charge in [0.2, 0.25) is 11.8 Å². The quantitative estimate of drug-likeness (QED) is 0.615. The molecule has 3 aromatic rings. The smallest absolute Gasteiger partial charge is 0.248 e. The lowest BCUT2D eigenvalue weighted by Gasteiger charge is -2.37. The molecule has 5 N–H and O–H groups in total. The summed E-state index contributed by atoms with van der Waals surface area (Å²) >= 11 is 0. The molecule has 0 radical (unpaired) electrons. The molecule has 2 aromatic carbocycles. The van der Waals surface area contributed by atoms with Crippen molar-refractivity contribution in [3.63, 3.8) is 0 Å². The Hall–Kier alpha value is -3.45. The third-order valence-electron chi connectivity index (χ3n) is 5.38. The molecule has 4 rings (SSSR count). The molecule has 7 heteroatoms. The Labute approximate surface area is 168 Å². The zero-order chi connectivity index (χ0) is 20.4. The summed E-state index contributed by atoms with van der Waals surface area (Å²) in [4.78, 5) is 33.8. The first-order valence-electron chi connectivity index (χ1n) is 9.54. The van der Waals surface area contributed by atoms with Crippen LogP contribution in [0.4, 0.5) is 0 Å². The van der Waals surface area contributed by atoms with Crippen LogP contribution in [-0.4, -0.2) is 32.7 Å². The Morgan fingerprint density at radius 1 is 1.14 bits per heavy atom. The Balaban J connectivity index is 1.55. The molecule has 2 heterocycles. The standard InChI is InChI=1S/C22H23N5O2/c23-18(11-14-5-7-15(8-6-14)20(24)28)22(29)27-13-17-4-2-1-3-16(17)12-19(27)21-25-9-10-26-21/h1-10,18-19H,11-13,23H2,(H2,24,28)(H,25,26). The van der Waals surface area contributed by atoms with Gasteiger partial charge in [-0.1, -0.05) is 36.4 Å². The van der Waals surface area contributed by atoms with Gasteiger partial charge >= 0.3 is 0 Å². The number of aromatic amines is 1. The number of primary amides is 1. The fourth-order valence-electron chi connectivity index (χ4n) is 3.82. The summed E-state index contributed by atoms with van der Waals surface area (Å²) in [6.45, 7) is 0.495. The molecule has 1 aliphatic heterocycles. The molecule has 0 saturated carbocycles. The highest BCUT2D eigenvalue weighted by atomic mass is 16.2. The van der Waals surface area contributed by atoms with E-state index in [9.17, 15) is 9.59 Å². The number of nitrogens with two attached hydrogens (primary N) is 2. The van der Waals surface area contributed by atoms with Gasteiger partial charge in [-0.25, -0.2) is 4.98 Å². The van der Waals surface area contributed by atoms with E-state index in [0.717, 1.165) is 17.0 Å². The lowest BCUT2D eigenvalue weighted by Crippen LogP contribution is -2.48. The van der Waals surface area contributed by atoms with Crippen molar-refractivity contribution in [3.8, 4) is 0 Å². The topological polar surface area (TPSA) is 118 Å². The van der Waals surface area contributed by atoms with Crippen molar-refractivity contribution in [2.45, 2.75) is 31.5 Å². The monoisotopic (exact) mass is 389 g/mol. The van der Waals surface area contributed by atoms with Crippen molar-refractivity contribution in [1.82, 2.24) is 14.9 Å². The van der Waals surface area contributed by atoms with Gasteiger partial charge in [-0.05, 0) is 35.2 Å². The number of carbonyl (C=O) groups is 2. The molecule has 0 spiro atoms. The van der Waals surface area contributed by atoms with Crippen LogP contribution in [0.3, 0.4) is 0 Å². The fourth-order valence-corrected chi connectivity index (χ4v) is 3.82. The predicted molar refractivity (Wildman–Crippen MR) is 109 cm³/mol. The maximum Gasteiger partial charge on any atom is 0.248 e. The first-order valence-corrected chi connectivity index (χ1v) is 9.54. The van der Waals surface area contributed by atoms with Crippen LogP contribution < -0.4 is 11.5 Å². The summed E-state index contributed by atoms with van der Waals surface area (Å²) in [5, 5.41) is 0. The van der Waals surface area contributed by atoms with Crippen LogP contribution >= 0.6 is 0 Å². The summed E-state index contributed by atoms with van der Waals surface area (Å²) < 4.78 is 0. The van der Waals surface area contributed by atoms with Crippen molar-refractivity contribution in [2.75, 3.05) is 0 Å². The fraction of sp³-hybridized carbons (Fsp3) is 0.227. The van der Waals surface area contributed by atoms with Crippen LogP contribution in [0.1, 0.15) is 38.9 Å². The van der Waals surface area contributed by atoms with Gasteiger partial charge in [0.15, 0.2) is 0 Å². The Kier molecular flexibility index (Phi) is 5.14. The van der Waals surface area contributed by atoms with E-state index in [1.165, 1.54) is 5.56 Å². The van der Waals surface area contributed by atoms with E-state index in [1.54, 1.807) is 36.7 Å². The van der Waals surface area contributed by atoms with Gasteiger partial charge in [0, 0.05) is 30.9 Å². The van der Waals surface area contributed by atoms with Gasteiger partial charge in [0.05, 0.1) is 12.1 Å². The number of H-pyrrole nitrogens is 1. The molecule has 0 fully saturated rings. The normalized spacial score (nSPS) is 16.9. The van der Waals surface area contributed by atoms with Gasteiger partial charge < -0.3 is 21.4 Å². The van der Waals surface area contributed by atoms with Crippen LogP contribution in [0.25, 0.3) is 0 Å². The Morgan fingerprint density at radius 3 is 2.52 bits per heavy atom. The number of nitrogens with zero attached hydrogens (tertiary/aromatic N) is 2. The van der Waals surface area contributed by atoms with E-state index in [0.29, 0.717) is 24.9 Å². The summed E-state index contributed by atoms with van der Waals surface area (Å²) in [5.41, 5.74) is 15.2. The van der Waals surface area contributed by atoms with Gasteiger partial charge in [-0.15, -0.1) is 0 Å². The number of rotatable bonds is 5. The summed E-state index contributed by atoms with van der Waals surface area (Å²) in [6, 6.07) is 14.1. The minimum absolute atomic E-state index is 0.125. The number of nitrogens with one attached hydrogen (secondary N) is 1. The van der Waals surface area contributed by atoms with Crippen molar-refractivity contribution < 1.29 is 9.59 Å². The molecule has 148 valence electrons. The number of hydrogen-bond donors (Lipinski definition) is 3. The second kappa shape index (κ2) is 7.89. The van der Waals surface area contributed by atoms with Crippen molar-refractivity contribution in [1.29, 1.82) is 0 Å². The van der Waals surface area contributed by atoms with Crippen LogP contribution in [-0.2, 0) is 24.2 Å². The average Bonchev–Trinajstić information content (AvgIpc) is 3.27. The zero-order valence-electron chi connectivity index (χ0n) is 15.9. The van der Waals surface area contributed by atoms with Crippen LogP contribution in [0.2, 0.25) is 0 Å². The van der Waals surface area contributed by atoms with E-state index in [2.05, 4.69) is 16.0 Å². The third kappa shape index (κ3) is 3.90. The number of imidazole rings is 1. The molecular weight excluding hydrogens is 366 g/mol. The number of aromatic nitrogens is 2. The first kappa shape index (κ1) is 18.9. The number of hydrogen-bond acceptors (Lipinski definition) is 4. The largest absolute Gasteiger partial charge is 0.366 e. The van der Waals surface area contributed by atoms with Gasteiger partial charge in [0.1, 0.15) is 5.82 Å². The van der Waals surface area contributed by atoms with E-state index in [-0.39, 0.29) is 11.9 Å². The lowest BCUT2D eigenvalue weighted by atomic mass is 9.92. The summed E-state index contributed by atoms with van der Waals surface area (Å²) in [6.07, 6.45) is 4.52. The van der Waals surface area contributed by atoms with Gasteiger partial charge in [-0.3, -0.25) is 9.59 Å². The average molecular weight is 389 g/mol. The number of carbonyl (C=O) groups excluding carboxylic acids is 2. The molecule has 2 unspecified atom stereocenters. The molecule has 2 amide bonds. The number of amides is 2. The highest BCUT2D eigenvalue weighted by molar-refractivity contribution is 5.92. The van der Waals surface area contributed by atoms with Crippen molar-refractivity contribution >= 4 is 11.8 Å². The maximum absolute atomic E-state index is 13.3. The number of fused-ring (bicyclic) bond motifs is 1. The molecule has 0 aliphatic carbocycles. The summed E-state index contributed by atoms with van der Waals surface area (Å²) in [7, 11) is 0.